The Morgan fingerprint density at radius 3 is 2.59 bits per heavy atom. The summed E-state index contributed by atoms with van der Waals surface area (Å²) in [4.78, 5) is 2.44. The number of rotatable bonds is 5. The minimum Gasteiger partial charge on any atom is -0.392 e. The molecule has 0 aliphatic heterocycles. The highest BCUT2D eigenvalue weighted by Gasteiger charge is 2.29. The summed E-state index contributed by atoms with van der Waals surface area (Å²) in [6.07, 6.45) is 2.57. The van der Waals surface area contributed by atoms with Gasteiger partial charge in [-0.3, -0.25) is 0 Å². The van der Waals surface area contributed by atoms with Crippen LogP contribution in [-0.4, -0.2) is 17.7 Å². The summed E-state index contributed by atoms with van der Waals surface area (Å²) >= 11 is 6.15. The average molecular weight is 254 g/mol. The molecule has 3 heteroatoms. The van der Waals surface area contributed by atoms with Crippen LogP contribution in [0.15, 0.2) is 18.2 Å². The minimum atomic E-state index is 0.00667. The summed E-state index contributed by atoms with van der Waals surface area (Å²) in [5.41, 5.74) is 1.99. The van der Waals surface area contributed by atoms with E-state index < -0.39 is 0 Å². The zero-order valence-corrected chi connectivity index (χ0v) is 11.2. The molecule has 1 N–H and O–H groups in total. The Morgan fingerprint density at radius 1 is 1.41 bits per heavy atom. The first-order chi connectivity index (χ1) is 8.11. The molecule has 1 aliphatic rings. The summed E-state index contributed by atoms with van der Waals surface area (Å²) in [6.45, 7) is 5.55. The van der Waals surface area contributed by atoms with Gasteiger partial charge in [0, 0.05) is 23.3 Å². The number of anilines is 1. The molecule has 2 nitrogen and oxygen atoms in total. The molecule has 17 heavy (non-hydrogen) atoms. The molecule has 0 spiro atoms. The number of benzene rings is 1. The molecular formula is C14H20ClNO. The van der Waals surface area contributed by atoms with E-state index in [1.807, 2.05) is 12.1 Å². The largest absolute Gasteiger partial charge is 0.392 e. The van der Waals surface area contributed by atoms with Gasteiger partial charge in [-0.15, -0.1) is 0 Å². The highest BCUT2D eigenvalue weighted by atomic mass is 35.5. The Labute approximate surface area is 108 Å². The van der Waals surface area contributed by atoms with Crippen LogP contribution in [0.2, 0.25) is 5.02 Å². The Morgan fingerprint density at radius 2 is 2.12 bits per heavy atom. The van der Waals surface area contributed by atoms with Crippen LogP contribution in [0.4, 0.5) is 5.69 Å². The van der Waals surface area contributed by atoms with Crippen molar-refractivity contribution in [2.24, 2.45) is 5.92 Å². The van der Waals surface area contributed by atoms with E-state index in [0.29, 0.717) is 17.0 Å². The maximum absolute atomic E-state index is 9.12. The lowest BCUT2D eigenvalue weighted by Gasteiger charge is -2.27. The zero-order chi connectivity index (χ0) is 12.4. The van der Waals surface area contributed by atoms with Crippen LogP contribution in [0.1, 0.15) is 32.3 Å². The third-order valence-corrected chi connectivity index (χ3v) is 3.44. The van der Waals surface area contributed by atoms with Crippen molar-refractivity contribution in [3.63, 3.8) is 0 Å². The molecule has 2 rings (SSSR count). The standard InChI is InChI=1S/C14H20ClNO/c1-10(2)8-16(12-5-6-12)13-4-3-11(9-17)14(15)7-13/h3-4,7,10,12,17H,5-6,8-9H2,1-2H3. The highest BCUT2D eigenvalue weighted by molar-refractivity contribution is 6.31. The van der Waals surface area contributed by atoms with Gasteiger partial charge in [0.25, 0.3) is 0 Å². The van der Waals surface area contributed by atoms with Gasteiger partial charge in [-0.05, 0) is 36.5 Å². The predicted molar refractivity (Wildman–Crippen MR) is 72.6 cm³/mol. The molecule has 0 aromatic heterocycles. The molecule has 1 aromatic rings. The van der Waals surface area contributed by atoms with Gasteiger partial charge in [0.2, 0.25) is 0 Å². The molecule has 0 radical (unpaired) electrons. The van der Waals surface area contributed by atoms with Crippen molar-refractivity contribution in [2.45, 2.75) is 39.3 Å². The summed E-state index contributed by atoms with van der Waals surface area (Å²) < 4.78 is 0. The number of hydrogen-bond donors (Lipinski definition) is 1. The lowest BCUT2D eigenvalue weighted by Crippen LogP contribution is -2.29. The number of aliphatic hydroxyl groups is 1. The van der Waals surface area contributed by atoms with E-state index in [9.17, 15) is 0 Å². The zero-order valence-electron chi connectivity index (χ0n) is 10.5. The molecule has 0 heterocycles. The van der Waals surface area contributed by atoms with Gasteiger partial charge < -0.3 is 10.0 Å². The molecule has 0 amide bonds. The first-order valence-corrected chi connectivity index (χ1v) is 6.65. The SMILES string of the molecule is CC(C)CN(c1ccc(CO)c(Cl)c1)C1CC1. The second-order valence-corrected chi connectivity index (χ2v) is 5.62. The fourth-order valence-corrected chi connectivity index (χ4v) is 2.32. The third kappa shape index (κ3) is 3.14. The number of nitrogens with zero attached hydrogens (tertiary/aromatic N) is 1. The minimum absolute atomic E-state index is 0.00667. The van der Waals surface area contributed by atoms with Gasteiger partial charge in [-0.25, -0.2) is 0 Å². The van der Waals surface area contributed by atoms with Gasteiger partial charge in [0.05, 0.1) is 6.61 Å². The van der Waals surface area contributed by atoms with E-state index in [1.165, 1.54) is 18.5 Å². The maximum Gasteiger partial charge on any atom is 0.0696 e. The van der Waals surface area contributed by atoms with Crippen molar-refractivity contribution in [1.29, 1.82) is 0 Å². The van der Waals surface area contributed by atoms with Crippen LogP contribution in [0.3, 0.4) is 0 Å². The predicted octanol–water partition coefficient (Wildman–Crippen LogP) is 3.46. The van der Waals surface area contributed by atoms with Crippen molar-refractivity contribution in [1.82, 2.24) is 0 Å². The number of hydrogen-bond acceptors (Lipinski definition) is 2. The molecule has 0 bridgehead atoms. The van der Waals surface area contributed by atoms with Crippen LogP contribution in [0.5, 0.6) is 0 Å². The van der Waals surface area contributed by atoms with Gasteiger partial charge >= 0.3 is 0 Å². The molecule has 1 saturated carbocycles. The molecule has 1 aliphatic carbocycles. The molecule has 94 valence electrons. The Kier molecular flexibility index (Phi) is 3.95. The summed E-state index contributed by atoms with van der Waals surface area (Å²) in [7, 11) is 0. The summed E-state index contributed by atoms with van der Waals surface area (Å²) in [5, 5.41) is 9.78. The van der Waals surface area contributed by atoms with E-state index in [4.69, 9.17) is 16.7 Å². The quantitative estimate of drug-likeness (QED) is 0.869. The van der Waals surface area contributed by atoms with Crippen molar-refractivity contribution >= 4 is 17.3 Å². The van der Waals surface area contributed by atoms with Gasteiger partial charge in [0.1, 0.15) is 0 Å². The van der Waals surface area contributed by atoms with E-state index in [2.05, 4.69) is 24.8 Å². The number of halogens is 1. The van der Waals surface area contributed by atoms with Crippen LogP contribution in [0, 0.1) is 5.92 Å². The fraction of sp³-hybridized carbons (Fsp3) is 0.571. The lowest BCUT2D eigenvalue weighted by atomic mass is 10.1. The van der Waals surface area contributed by atoms with E-state index in [1.54, 1.807) is 0 Å². The summed E-state index contributed by atoms with van der Waals surface area (Å²) in [6, 6.07) is 6.66. The second-order valence-electron chi connectivity index (χ2n) is 5.21. The fourth-order valence-electron chi connectivity index (χ4n) is 2.09. The average Bonchev–Trinajstić information content (AvgIpc) is 3.09. The molecule has 1 aromatic carbocycles. The summed E-state index contributed by atoms with van der Waals surface area (Å²) in [5.74, 6) is 0.645. The smallest absolute Gasteiger partial charge is 0.0696 e. The lowest BCUT2D eigenvalue weighted by molar-refractivity contribution is 0.282. The number of aliphatic hydroxyl groups excluding tert-OH is 1. The Bertz CT molecular complexity index is 388. The monoisotopic (exact) mass is 253 g/mol. The van der Waals surface area contributed by atoms with Gasteiger partial charge in [0.15, 0.2) is 0 Å². The van der Waals surface area contributed by atoms with Crippen LogP contribution in [-0.2, 0) is 6.61 Å². The van der Waals surface area contributed by atoms with Crippen molar-refractivity contribution in [2.75, 3.05) is 11.4 Å². The van der Waals surface area contributed by atoms with Crippen LogP contribution in [0.25, 0.3) is 0 Å². The normalized spacial score (nSPS) is 15.4. The first kappa shape index (κ1) is 12.7. The van der Waals surface area contributed by atoms with E-state index >= 15 is 0 Å². The molecular weight excluding hydrogens is 234 g/mol. The third-order valence-electron chi connectivity index (χ3n) is 3.09. The Hall–Kier alpha value is -0.730. The second kappa shape index (κ2) is 5.28. The van der Waals surface area contributed by atoms with Crippen molar-refractivity contribution in [3.05, 3.63) is 28.8 Å². The van der Waals surface area contributed by atoms with E-state index in [-0.39, 0.29) is 6.61 Å². The van der Waals surface area contributed by atoms with Gasteiger partial charge in [-0.1, -0.05) is 31.5 Å². The highest BCUT2D eigenvalue weighted by Crippen LogP contribution is 2.34. The van der Waals surface area contributed by atoms with E-state index in [0.717, 1.165) is 12.1 Å². The van der Waals surface area contributed by atoms with Gasteiger partial charge in [-0.2, -0.15) is 0 Å². The molecule has 1 fully saturated rings. The van der Waals surface area contributed by atoms with Crippen LogP contribution < -0.4 is 4.90 Å². The molecule has 0 saturated heterocycles. The first-order valence-electron chi connectivity index (χ1n) is 6.27. The topological polar surface area (TPSA) is 23.5 Å². The Balaban J connectivity index is 2.20. The van der Waals surface area contributed by atoms with Crippen molar-refractivity contribution < 1.29 is 5.11 Å². The van der Waals surface area contributed by atoms with Crippen LogP contribution >= 0.6 is 11.6 Å². The maximum atomic E-state index is 9.12. The molecule has 0 atom stereocenters. The van der Waals surface area contributed by atoms with Crippen molar-refractivity contribution in [3.8, 4) is 0 Å². The molecule has 0 unspecified atom stereocenters.